The van der Waals surface area contributed by atoms with Crippen LogP contribution < -0.4 is 15.6 Å². The normalized spacial score (nSPS) is 14.3. The molecule has 0 unspecified atom stereocenters. The lowest BCUT2D eigenvalue weighted by Crippen LogP contribution is -2.41. The Labute approximate surface area is 202 Å². The van der Waals surface area contributed by atoms with Crippen LogP contribution in [0.4, 0.5) is 0 Å². The van der Waals surface area contributed by atoms with Crippen LogP contribution in [0.2, 0.25) is 0 Å². The summed E-state index contributed by atoms with van der Waals surface area (Å²) in [6, 6.07) is 7.39. The summed E-state index contributed by atoms with van der Waals surface area (Å²) in [5.74, 6) is 0.739. The first-order chi connectivity index (χ1) is 15.7. The molecule has 3 heterocycles. The molecule has 176 valence electrons. The van der Waals surface area contributed by atoms with E-state index in [1.54, 1.807) is 23.0 Å². The van der Waals surface area contributed by atoms with Gasteiger partial charge in [0.2, 0.25) is 5.91 Å². The number of rotatable bonds is 6. The van der Waals surface area contributed by atoms with E-state index in [-0.39, 0.29) is 22.8 Å². The second kappa shape index (κ2) is 9.48. The van der Waals surface area contributed by atoms with Crippen LogP contribution in [0.3, 0.4) is 0 Å². The Bertz CT molecular complexity index is 1240. The molecule has 0 spiro atoms. The minimum atomic E-state index is -0.320. The first-order valence-corrected chi connectivity index (χ1v) is 12.9. The molecule has 0 aliphatic carbocycles. The van der Waals surface area contributed by atoms with E-state index in [9.17, 15) is 9.59 Å². The second-order valence-corrected chi connectivity index (χ2v) is 11.2. The molecule has 4 rings (SSSR count). The SMILES string of the molecule is CCN1CCc2c(sc3nc(SCC(=O)NC(C)(C)C)n(-c4cccc(OC)c4)c(=O)c23)C1. The van der Waals surface area contributed by atoms with Crippen LogP contribution in [0, 0.1) is 0 Å². The number of hydrogen-bond donors (Lipinski definition) is 1. The molecule has 1 aromatic carbocycles. The Morgan fingerprint density at radius 1 is 1.33 bits per heavy atom. The minimum absolute atomic E-state index is 0.0885. The monoisotopic (exact) mass is 486 g/mol. The van der Waals surface area contributed by atoms with Crippen molar-refractivity contribution in [3.05, 3.63) is 45.1 Å². The highest BCUT2D eigenvalue weighted by Gasteiger charge is 2.25. The van der Waals surface area contributed by atoms with Gasteiger partial charge in [0.1, 0.15) is 10.6 Å². The van der Waals surface area contributed by atoms with Crippen molar-refractivity contribution < 1.29 is 9.53 Å². The second-order valence-electron chi connectivity index (χ2n) is 9.13. The number of nitrogens with zero attached hydrogens (tertiary/aromatic N) is 3. The standard InChI is InChI=1S/C24H30N4O3S2/c1-6-27-11-10-17-18(13-27)33-21-20(17)22(30)28(15-8-7-9-16(12-15)31-5)23(25-21)32-14-19(29)26-24(2,3)4/h7-9,12H,6,10-11,13-14H2,1-5H3,(H,26,29). The molecule has 0 saturated heterocycles. The minimum Gasteiger partial charge on any atom is -0.497 e. The van der Waals surface area contributed by atoms with E-state index < -0.39 is 0 Å². The number of carbonyl (C=O) groups excluding carboxylic acids is 1. The number of aromatic nitrogens is 2. The number of thioether (sulfide) groups is 1. The van der Waals surface area contributed by atoms with Gasteiger partial charge in [-0.25, -0.2) is 4.98 Å². The van der Waals surface area contributed by atoms with Gasteiger partial charge in [-0.15, -0.1) is 11.3 Å². The number of amides is 1. The lowest BCUT2D eigenvalue weighted by Gasteiger charge is -2.25. The van der Waals surface area contributed by atoms with Gasteiger partial charge in [-0.1, -0.05) is 24.8 Å². The number of fused-ring (bicyclic) bond motifs is 3. The molecule has 1 aliphatic heterocycles. The van der Waals surface area contributed by atoms with E-state index in [0.29, 0.717) is 22.0 Å². The zero-order valence-corrected chi connectivity index (χ0v) is 21.4. The maximum absolute atomic E-state index is 13.9. The Morgan fingerprint density at radius 2 is 2.12 bits per heavy atom. The predicted molar refractivity (Wildman–Crippen MR) is 135 cm³/mol. The fourth-order valence-electron chi connectivity index (χ4n) is 4.01. The summed E-state index contributed by atoms with van der Waals surface area (Å²) in [5.41, 5.74) is 1.39. The zero-order chi connectivity index (χ0) is 23.8. The van der Waals surface area contributed by atoms with Crippen LogP contribution in [0.1, 0.15) is 38.1 Å². The number of ether oxygens (including phenoxy) is 1. The molecule has 33 heavy (non-hydrogen) atoms. The Balaban J connectivity index is 1.82. The van der Waals surface area contributed by atoms with Gasteiger partial charge in [0.05, 0.1) is 23.9 Å². The van der Waals surface area contributed by atoms with E-state index in [2.05, 4.69) is 17.1 Å². The molecule has 0 saturated carbocycles. The number of nitrogens with one attached hydrogen (secondary N) is 1. The maximum Gasteiger partial charge on any atom is 0.267 e. The van der Waals surface area contributed by atoms with Gasteiger partial charge in [-0.05, 0) is 51.4 Å². The summed E-state index contributed by atoms with van der Waals surface area (Å²) in [4.78, 5) is 35.6. The molecule has 7 nitrogen and oxygen atoms in total. The maximum atomic E-state index is 13.9. The van der Waals surface area contributed by atoms with Crippen molar-refractivity contribution in [1.82, 2.24) is 19.8 Å². The molecule has 0 radical (unpaired) electrons. The molecule has 0 bridgehead atoms. The lowest BCUT2D eigenvalue weighted by molar-refractivity contribution is -0.119. The third-order valence-electron chi connectivity index (χ3n) is 5.53. The zero-order valence-electron chi connectivity index (χ0n) is 19.7. The molecular formula is C24H30N4O3S2. The predicted octanol–water partition coefficient (Wildman–Crippen LogP) is 3.84. The number of hydrogen-bond acceptors (Lipinski definition) is 7. The molecule has 9 heteroatoms. The van der Waals surface area contributed by atoms with Crippen LogP contribution in [0.25, 0.3) is 15.9 Å². The van der Waals surface area contributed by atoms with Gasteiger partial charge in [0, 0.05) is 29.6 Å². The number of carbonyl (C=O) groups is 1. The Kier molecular flexibility index (Phi) is 6.83. The van der Waals surface area contributed by atoms with Crippen LogP contribution in [0.15, 0.2) is 34.2 Å². The number of benzene rings is 1. The molecule has 1 N–H and O–H groups in total. The molecule has 3 aromatic rings. The molecular weight excluding hydrogens is 456 g/mol. The number of likely N-dealkylation sites (N-methyl/N-ethyl adjacent to an activating group) is 1. The first-order valence-electron chi connectivity index (χ1n) is 11.1. The number of methoxy groups -OCH3 is 1. The van der Waals surface area contributed by atoms with Crippen molar-refractivity contribution in [3.63, 3.8) is 0 Å². The van der Waals surface area contributed by atoms with Crippen molar-refractivity contribution in [2.45, 2.75) is 51.4 Å². The van der Waals surface area contributed by atoms with Gasteiger partial charge in [0.15, 0.2) is 5.16 Å². The van der Waals surface area contributed by atoms with Gasteiger partial charge in [0.25, 0.3) is 5.56 Å². The van der Waals surface area contributed by atoms with E-state index in [0.717, 1.165) is 36.4 Å². The fraction of sp³-hybridized carbons (Fsp3) is 0.458. The van der Waals surface area contributed by atoms with Gasteiger partial charge in [-0.3, -0.25) is 19.1 Å². The molecule has 1 amide bonds. The average Bonchev–Trinajstić information content (AvgIpc) is 3.14. The Hall–Kier alpha value is -2.36. The fourth-order valence-corrected chi connectivity index (χ4v) is 6.12. The largest absolute Gasteiger partial charge is 0.497 e. The van der Waals surface area contributed by atoms with Crippen molar-refractivity contribution >= 4 is 39.2 Å². The average molecular weight is 487 g/mol. The first kappa shape index (κ1) is 23.8. The number of thiophene rings is 1. The quantitative estimate of drug-likeness (QED) is 0.421. The summed E-state index contributed by atoms with van der Waals surface area (Å²) in [6.07, 6.45) is 0.846. The summed E-state index contributed by atoms with van der Waals surface area (Å²) in [7, 11) is 1.60. The van der Waals surface area contributed by atoms with Crippen molar-refractivity contribution in [1.29, 1.82) is 0 Å². The molecule has 2 aromatic heterocycles. The topological polar surface area (TPSA) is 76.5 Å². The molecule has 0 fully saturated rings. The lowest BCUT2D eigenvalue weighted by atomic mass is 10.1. The van der Waals surface area contributed by atoms with Crippen LogP contribution in [-0.2, 0) is 17.8 Å². The van der Waals surface area contributed by atoms with E-state index >= 15 is 0 Å². The molecule has 0 atom stereocenters. The highest BCUT2D eigenvalue weighted by atomic mass is 32.2. The summed E-state index contributed by atoms with van der Waals surface area (Å²) >= 11 is 2.88. The summed E-state index contributed by atoms with van der Waals surface area (Å²) < 4.78 is 7.01. The van der Waals surface area contributed by atoms with Crippen LogP contribution in [-0.4, -0.2) is 51.8 Å². The van der Waals surface area contributed by atoms with E-state index in [1.165, 1.54) is 16.6 Å². The van der Waals surface area contributed by atoms with Crippen LogP contribution in [0.5, 0.6) is 5.75 Å². The Morgan fingerprint density at radius 3 is 2.82 bits per heavy atom. The highest BCUT2D eigenvalue weighted by molar-refractivity contribution is 7.99. The third-order valence-corrected chi connectivity index (χ3v) is 7.58. The van der Waals surface area contributed by atoms with Crippen molar-refractivity contribution in [2.24, 2.45) is 0 Å². The van der Waals surface area contributed by atoms with Gasteiger partial charge >= 0.3 is 0 Å². The summed E-state index contributed by atoms with van der Waals surface area (Å²) in [6.45, 7) is 10.8. The van der Waals surface area contributed by atoms with Crippen molar-refractivity contribution in [3.8, 4) is 11.4 Å². The third kappa shape index (κ3) is 5.10. The summed E-state index contributed by atoms with van der Waals surface area (Å²) in [5, 5.41) is 4.19. The van der Waals surface area contributed by atoms with E-state index in [4.69, 9.17) is 9.72 Å². The smallest absolute Gasteiger partial charge is 0.267 e. The van der Waals surface area contributed by atoms with Gasteiger partial charge < -0.3 is 10.1 Å². The molecule has 1 aliphatic rings. The van der Waals surface area contributed by atoms with Crippen LogP contribution >= 0.6 is 23.1 Å². The van der Waals surface area contributed by atoms with Gasteiger partial charge in [-0.2, -0.15) is 0 Å². The van der Waals surface area contributed by atoms with Crippen molar-refractivity contribution in [2.75, 3.05) is 26.0 Å². The highest BCUT2D eigenvalue weighted by Crippen LogP contribution is 2.34. The van der Waals surface area contributed by atoms with E-state index in [1.807, 2.05) is 45.0 Å².